The highest BCUT2D eigenvalue weighted by Crippen LogP contribution is 2.63. The minimum atomic E-state index is -0.0208. The standard InChI is InChI=1S/C52H45BN2S/c1-50(2,3)34-24-27-42(39(31-34)32-16-7-6-8-17-32)54-43-30-33-18-9-10-19-35(33)45-38-21-15-22-40-47(38)55(52(5)29-14-13-28-51(40,52)4)53(46(43)45)41-26-25-37-36-20-11-12-23-44(36)56-49(37)48(41)54/h6-12,15-27,30-31H,13-14,28-29H2,1-5H3. The van der Waals surface area contributed by atoms with Gasteiger partial charge in [-0.15, -0.1) is 11.3 Å². The average molecular weight is 741 g/mol. The van der Waals surface area contributed by atoms with E-state index in [1.165, 1.54) is 118 Å². The highest BCUT2D eigenvalue weighted by Gasteiger charge is 2.63. The maximum Gasteiger partial charge on any atom is 0.329 e. The van der Waals surface area contributed by atoms with E-state index >= 15 is 0 Å². The Labute approximate surface area is 334 Å². The number of benzene rings is 7. The van der Waals surface area contributed by atoms with Crippen molar-refractivity contribution in [2.75, 3.05) is 9.71 Å². The molecule has 4 aliphatic rings. The molecule has 0 saturated heterocycles. The number of thiophene rings is 1. The molecule has 0 bridgehead atoms. The third kappa shape index (κ3) is 4.08. The Kier molecular flexibility index (Phi) is 6.56. The van der Waals surface area contributed by atoms with E-state index in [4.69, 9.17) is 0 Å². The summed E-state index contributed by atoms with van der Waals surface area (Å²) < 4.78 is 2.72. The summed E-state index contributed by atoms with van der Waals surface area (Å²) in [5.41, 5.74) is 16.5. The maximum atomic E-state index is 2.97. The summed E-state index contributed by atoms with van der Waals surface area (Å²) in [5.74, 6) is 0. The van der Waals surface area contributed by atoms with E-state index in [0.29, 0.717) is 0 Å². The van der Waals surface area contributed by atoms with Crippen molar-refractivity contribution in [3.63, 3.8) is 0 Å². The number of hydrogen-bond donors (Lipinski definition) is 0. The molecule has 2 unspecified atom stereocenters. The van der Waals surface area contributed by atoms with Gasteiger partial charge in [0, 0.05) is 48.9 Å². The van der Waals surface area contributed by atoms with E-state index in [2.05, 4.69) is 178 Å². The first-order valence-corrected chi connectivity index (χ1v) is 21.4. The Morgan fingerprint density at radius 3 is 2.25 bits per heavy atom. The Hall–Kier alpha value is -5.32. The van der Waals surface area contributed by atoms with Gasteiger partial charge in [0.25, 0.3) is 0 Å². The third-order valence-corrected chi connectivity index (χ3v) is 15.7. The van der Waals surface area contributed by atoms with Crippen LogP contribution in [-0.2, 0) is 10.8 Å². The lowest BCUT2D eigenvalue weighted by molar-refractivity contribution is 0.199. The quantitative estimate of drug-likeness (QED) is 0.163. The van der Waals surface area contributed by atoms with Gasteiger partial charge < -0.3 is 9.71 Å². The lowest BCUT2D eigenvalue weighted by Crippen LogP contribution is -2.70. The SMILES string of the molecule is CC(C)(C)c1ccc(N2c3cc4ccccc4c4c3B(c3ccc5c(sc6ccccc65)c32)N2c3c-4cccc3C3(C)CCCCC23C)c(-c2ccccc2)c1. The number of anilines is 4. The zero-order valence-electron chi connectivity index (χ0n) is 32.9. The highest BCUT2D eigenvalue weighted by molar-refractivity contribution is 7.26. The van der Waals surface area contributed by atoms with Crippen LogP contribution in [0.1, 0.15) is 71.4 Å². The maximum absolute atomic E-state index is 2.97. The second-order valence-corrected chi connectivity index (χ2v) is 19.4. The summed E-state index contributed by atoms with van der Waals surface area (Å²) in [6, 6.07) is 51.4. The molecule has 4 heteroatoms. The molecule has 12 rings (SSSR count). The number of fused-ring (bicyclic) bond motifs is 13. The predicted molar refractivity (Wildman–Crippen MR) is 243 cm³/mol. The molecule has 3 aliphatic heterocycles. The summed E-state index contributed by atoms with van der Waals surface area (Å²) in [7, 11) is 0. The highest BCUT2D eigenvalue weighted by atomic mass is 32.1. The molecule has 0 spiro atoms. The van der Waals surface area contributed by atoms with Crippen LogP contribution in [-0.4, -0.2) is 12.4 Å². The van der Waals surface area contributed by atoms with Crippen LogP contribution in [0.15, 0.2) is 133 Å². The van der Waals surface area contributed by atoms with Gasteiger partial charge in [0.15, 0.2) is 0 Å². The van der Waals surface area contributed by atoms with Crippen molar-refractivity contribution >= 4 is 82.8 Å². The van der Waals surface area contributed by atoms with Gasteiger partial charge in [0.1, 0.15) is 0 Å². The summed E-state index contributed by atoms with van der Waals surface area (Å²) in [6.45, 7) is 12.3. The van der Waals surface area contributed by atoms with Gasteiger partial charge in [0.05, 0.1) is 16.1 Å². The van der Waals surface area contributed by atoms with Gasteiger partial charge >= 0.3 is 6.85 Å². The van der Waals surface area contributed by atoms with Crippen LogP contribution in [0, 0.1) is 0 Å². The molecule has 56 heavy (non-hydrogen) atoms. The molecule has 1 aromatic heterocycles. The molecule has 272 valence electrons. The van der Waals surface area contributed by atoms with Crippen LogP contribution in [0.4, 0.5) is 22.7 Å². The Balaban J connectivity index is 1.28. The first-order valence-electron chi connectivity index (χ1n) is 20.6. The van der Waals surface area contributed by atoms with Gasteiger partial charge in [-0.2, -0.15) is 0 Å². The first kappa shape index (κ1) is 32.9. The van der Waals surface area contributed by atoms with Crippen LogP contribution >= 0.6 is 11.3 Å². The second kappa shape index (κ2) is 11.2. The fourth-order valence-electron chi connectivity index (χ4n) is 11.6. The van der Waals surface area contributed by atoms with Crippen molar-refractivity contribution in [3.05, 3.63) is 145 Å². The summed E-state index contributed by atoms with van der Waals surface area (Å²) >= 11 is 1.97. The predicted octanol–water partition coefficient (Wildman–Crippen LogP) is 13.2. The average Bonchev–Trinajstić information content (AvgIpc) is 3.70. The minimum Gasteiger partial charge on any atom is -0.400 e. The molecule has 8 aromatic rings. The molecule has 0 radical (unpaired) electrons. The molecule has 2 atom stereocenters. The van der Waals surface area contributed by atoms with Crippen molar-refractivity contribution < 1.29 is 0 Å². The van der Waals surface area contributed by atoms with Gasteiger partial charge in [-0.3, -0.25) is 0 Å². The van der Waals surface area contributed by atoms with E-state index in [1.54, 1.807) is 5.56 Å². The van der Waals surface area contributed by atoms with Crippen molar-refractivity contribution in [2.45, 2.75) is 76.7 Å². The summed E-state index contributed by atoms with van der Waals surface area (Å²) in [5, 5.41) is 5.34. The largest absolute Gasteiger partial charge is 0.400 e. The van der Waals surface area contributed by atoms with E-state index < -0.39 is 0 Å². The molecule has 1 fully saturated rings. The van der Waals surface area contributed by atoms with Gasteiger partial charge in [-0.25, -0.2) is 0 Å². The number of hydrogen-bond acceptors (Lipinski definition) is 3. The monoisotopic (exact) mass is 740 g/mol. The van der Waals surface area contributed by atoms with Crippen LogP contribution in [0.3, 0.4) is 0 Å². The molecule has 2 nitrogen and oxygen atoms in total. The topological polar surface area (TPSA) is 6.48 Å². The van der Waals surface area contributed by atoms with Gasteiger partial charge in [-0.1, -0.05) is 150 Å². The van der Waals surface area contributed by atoms with Crippen LogP contribution in [0.5, 0.6) is 0 Å². The summed E-state index contributed by atoms with van der Waals surface area (Å²) in [6.07, 6.45) is 4.98. The minimum absolute atomic E-state index is 0.00702. The summed E-state index contributed by atoms with van der Waals surface area (Å²) in [4.78, 5) is 5.67. The molecule has 7 aromatic carbocycles. The van der Waals surface area contributed by atoms with Crippen molar-refractivity contribution in [3.8, 4) is 22.3 Å². The molecular formula is C52H45BN2S. The van der Waals surface area contributed by atoms with Crippen molar-refractivity contribution in [1.82, 2.24) is 0 Å². The van der Waals surface area contributed by atoms with Gasteiger partial charge in [0.2, 0.25) is 0 Å². The smallest absolute Gasteiger partial charge is 0.329 e. The van der Waals surface area contributed by atoms with Crippen molar-refractivity contribution in [1.29, 1.82) is 0 Å². The van der Waals surface area contributed by atoms with E-state index in [0.717, 1.165) is 0 Å². The number of rotatable bonds is 2. The van der Waals surface area contributed by atoms with E-state index in [9.17, 15) is 0 Å². The lowest BCUT2D eigenvalue weighted by atomic mass is 9.42. The normalized spacial score (nSPS) is 20.7. The first-order chi connectivity index (χ1) is 27.2. The molecule has 4 heterocycles. The van der Waals surface area contributed by atoms with Crippen LogP contribution < -0.4 is 20.6 Å². The van der Waals surface area contributed by atoms with Crippen LogP contribution in [0.25, 0.3) is 53.2 Å². The third-order valence-electron chi connectivity index (χ3n) is 14.6. The zero-order valence-corrected chi connectivity index (χ0v) is 33.7. The number of nitrogens with zero attached hydrogens (tertiary/aromatic N) is 2. The second-order valence-electron chi connectivity index (χ2n) is 18.4. The van der Waals surface area contributed by atoms with Gasteiger partial charge in [-0.05, 0) is 93.4 Å². The van der Waals surface area contributed by atoms with E-state index in [1.807, 2.05) is 11.3 Å². The fourth-order valence-corrected chi connectivity index (χ4v) is 12.8. The molecule has 1 aliphatic carbocycles. The van der Waals surface area contributed by atoms with E-state index in [-0.39, 0.29) is 23.2 Å². The Morgan fingerprint density at radius 2 is 1.41 bits per heavy atom. The molecule has 1 saturated carbocycles. The molecule has 0 N–H and O–H groups in total. The van der Waals surface area contributed by atoms with Crippen molar-refractivity contribution in [2.24, 2.45) is 0 Å². The molecule has 0 amide bonds. The van der Waals surface area contributed by atoms with Crippen LogP contribution in [0.2, 0.25) is 0 Å². The zero-order chi connectivity index (χ0) is 37.7. The number of para-hydroxylation sites is 1. The Morgan fingerprint density at radius 1 is 0.643 bits per heavy atom. The molecular weight excluding hydrogens is 695 g/mol. The Bertz CT molecular complexity index is 2970. The fraction of sp³-hybridized carbons (Fsp3) is 0.231. The lowest BCUT2D eigenvalue weighted by Gasteiger charge is -2.55.